The van der Waals surface area contributed by atoms with E-state index in [9.17, 15) is 27.2 Å². The van der Waals surface area contributed by atoms with Crippen LogP contribution in [-0.4, -0.2) is 16.9 Å². The van der Waals surface area contributed by atoms with Crippen LogP contribution in [0.15, 0.2) is 133 Å². The zero-order valence-corrected chi connectivity index (χ0v) is 29.2. The summed E-state index contributed by atoms with van der Waals surface area (Å²) in [7, 11) is 0. The van der Waals surface area contributed by atoms with Gasteiger partial charge in [0.05, 0.1) is 0 Å². The number of para-hydroxylation sites is 2. The van der Waals surface area contributed by atoms with E-state index in [0.29, 0.717) is 17.1 Å². The van der Waals surface area contributed by atoms with Crippen molar-refractivity contribution < 1.29 is 46.5 Å². The molecular weight excluding hydrogens is 760 g/mol. The zero-order valence-electron chi connectivity index (χ0n) is 27.6. The molecule has 13 heteroatoms. The Labute approximate surface area is 310 Å². The standard InChI is InChI=1S/C20H15F2NO3.C13H11BrO.C7H5F2NO2/c21-16-9-10-17(19(22)18(16)20(23)24)25-12-13-5-4-8-15(11-13)26-14-6-2-1-3-7-14;14-10-11-5-4-8-13(9-11)15-12-6-2-1-3-7-12;8-3-1-2-4(11)6(9)5(3)7(10)12/h1-11H,12H2,(H2,23,24);1-9H,10H2;1-2,11H,(H2,10,12). The number of halogens is 5. The lowest BCUT2D eigenvalue weighted by Gasteiger charge is -2.11. The molecule has 0 aliphatic rings. The summed E-state index contributed by atoms with van der Waals surface area (Å²) in [6, 6.07) is 37.7. The fourth-order valence-electron chi connectivity index (χ4n) is 4.44. The van der Waals surface area contributed by atoms with E-state index in [-0.39, 0.29) is 12.4 Å². The molecule has 0 saturated heterocycles. The quantitative estimate of drug-likeness (QED) is 0.0935. The third kappa shape index (κ3) is 11.6. The molecule has 0 heterocycles. The van der Waals surface area contributed by atoms with Crippen LogP contribution in [0.5, 0.6) is 34.5 Å². The van der Waals surface area contributed by atoms with Crippen molar-refractivity contribution in [2.45, 2.75) is 11.9 Å². The van der Waals surface area contributed by atoms with Crippen molar-refractivity contribution in [3.63, 3.8) is 0 Å². The Kier molecular flexibility index (Phi) is 14.4. The van der Waals surface area contributed by atoms with Gasteiger partial charge in [0.1, 0.15) is 52.4 Å². The van der Waals surface area contributed by atoms with Gasteiger partial charge in [-0.15, -0.1) is 0 Å². The summed E-state index contributed by atoms with van der Waals surface area (Å²) in [6.07, 6.45) is 0. The smallest absolute Gasteiger partial charge is 0.254 e. The van der Waals surface area contributed by atoms with E-state index in [1.165, 1.54) is 5.56 Å². The molecule has 5 N–H and O–H groups in total. The molecule has 0 aromatic heterocycles. The van der Waals surface area contributed by atoms with Crippen LogP contribution in [-0.2, 0) is 11.9 Å². The van der Waals surface area contributed by atoms with Gasteiger partial charge in [-0.25, -0.2) is 17.6 Å². The fourth-order valence-corrected chi connectivity index (χ4v) is 4.79. The molecule has 0 aliphatic heterocycles. The highest BCUT2D eigenvalue weighted by Gasteiger charge is 2.19. The maximum absolute atomic E-state index is 14.2. The monoisotopic (exact) mass is 790 g/mol. The molecule has 0 spiro atoms. The van der Waals surface area contributed by atoms with Gasteiger partial charge in [-0.05, 0) is 83.9 Å². The molecule has 0 aliphatic carbocycles. The Hall–Kier alpha value is -6.34. The number of phenols is 1. The molecule has 0 radical (unpaired) electrons. The van der Waals surface area contributed by atoms with Gasteiger partial charge in [0, 0.05) is 5.33 Å². The summed E-state index contributed by atoms with van der Waals surface area (Å²) in [5, 5.41) is 9.57. The Morgan fingerprint density at radius 1 is 0.566 bits per heavy atom. The Balaban J connectivity index is 0.000000196. The molecule has 0 saturated carbocycles. The lowest BCUT2D eigenvalue weighted by Crippen LogP contribution is -2.16. The van der Waals surface area contributed by atoms with Crippen LogP contribution < -0.4 is 25.7 Å². The number of primary amides is 2. The number of aromatic hydroxyl groups is 1. The summed E-state index contributed by atoms with van der Waals surface area (Å²) in [5.41, 5.74) is 9.83. The number of ether oxygens (including phenoxy) is 3. The molecule has 8 nitrogen and oxygen atoms in total. The average molecular weight is 792 g/mol. The summed E-state index contributed by atoms with van der Waals surface area (Å²) in [4.78, 5) is 21.6. The number of amides is 2. The number of benzene rings is 6. The zero-order chi connectivity index (χ0) is 38.3. The van der Waals surface area contributed by atoms with Crippen LogP contribution >= 0.6 is 15.9 Å². The van der Waals surface area contributed by atoms with Crippen molar-refractivity contribution in [1.82, 2.24) is 0 Å². The van der Waals surface area contributed by atoms with E-state index >= 15 is 0 Å². The van der Waals surface area contributed by atoms with Crippen molar-refractivity contribution in [2.75, 3.05) is 0 Å². The molecule has 272 valence electrons. The maximum Gasteiger partial charge on any atom is 0.254 e. The molecule has 0 fully saturated rings. The molecule has 6 aromatic carbocycles. The highest BCUT2D eigenvalue weighted by molar-refractivity contribution is 9.08. The molecule has 0 bridgehead atoms. The second-order valence-corrected chi connectivity index (χ2v) is 11.3. The lowest BCUT2D eigenvalue weighted by molar-refractivity contribution is 0.0982. The van der Waals surface area contributed by atoms with Crippen LogP contribution in [0.1, 0.15) is 31.8 Å². The SMILES string of the molecule is BrCc1cccc(Oc2ccccc2)c1.NC(=O)c1c(F)ccc(O)c1F.NC(=O)c1c(F)ccc(OCc2cccc(Oc3ccccc3)c2)c1F. The highest BCUT2D eigenvalue weighted by Crippen LogP contribution is 2.27. The minimum Gasteiger partial charge on any atom is -0.505 e. The van der Waals surface area contributed by atoms with Gasteiger partial charge in [-0.2, -0.15) is 0 Å². The molecule has 0 unspecified atom stereocenters. The van der Waals surface area contributed by atoms with Crippen molar-refractivity contribution in [2.24, 2.45) is 11.5 Å². The Morgan fingerprint density at radius 2 is 1.02 bits per heavy atom. The van der Waals surface area contributed by atoms with E-state index in [4.69, 9.17) is 25.1 Å². The van der Waals surface area contributed by atoms with Crippen LogP contribution in [0.3, 0.4) is 0 Å². The number of carbonyl (C=O) groups is 2. The second kappa shape index (κ2) is 19.3. The minimum atomic E-state index is -1.33. The minimum absolute atomic E-state index is 0.00669. The topological polar surface area (TPSA) is 134 Å². The molecule has 6 rings (SSSR count). The summed E-state index contributed by atoms with van der Waals surface area (Å²) < 4.78 is 69.8. The average Bonchev–Trinajstić information content (AvgIpc) is 3.14. The largest absolute Gasteiger partial charge is 0.505 e. The van der Waals surface area contributed by atoms with Gasteiger partial charge in [-0.1, -0.05) is 76.6 Å². The third-order valence-electron chi connectivity index (χ3n) is 6.92. The number of alkyl halides is 1. The van der Waals surface area contributed by atoms with Crippen LogP contribution in [0.4, 0.5) is 17.6 Å². The third-order valence-corrected chi connectivity index (χ3v) is 7.57. The first kappa shape index (κ1) is 39.4. The number of hydrogen-bond acceptors (Lipinski definition) is 6. The van der Waals surface area contributed by atoms with Gasteiger partial charge < -0.3 is 30.8 Å². The molecule has 2 amide bonds. The van der Waals surface area contributed by atoms with E-state index in [2.05, 4.69) is 27.7 Å². The van der Waals surface area contributed by atoms with Crippen LogP contribution in [0, 0.1) is 23.3 Å². The van der Waals surface area contributed by atoms with Crippen molar-refractivity contribution in [1.29, 1.82) is 0 Å². The summed E-state index contributed by atoms with van der Waals surface area (Å²) in [5.74, 6) is -5.04. The van der Waals surface area contributed by atoms with Crippen LogP contribution in [0.2, 0.25) is 0 Å². The highest BCUT2D eigenvalue weighted by atomic mass is 79.9. The van der Waals surface area contributed by atoms with Gasteiger partial charge in [0.15, 0.2) is 23.1 Å². The van der Waals surface area contributed by atoms with E-state index in [0.717, 1.165) is 41.1 Å². The fraction of sp³-hybridized carbons (Fsp3) is 0.0500. The van der Waals surface area contributed by atoms with Crippen molar-refractivity contribution in [3.8, 4) is 34.5 Å². The second-order valence-electron chi connectivity index (χ2n) is 10.8. The number of nitrogens with two attached hydrogens (primary N) is 2. The normalized spacial score (nSPS) is 10.1. The number of hydrogen-bond donors (Lipinski definition) is 3. The first-order chi connectivity index (χ1) is 25.5. The predicted octanol–water partition coefficient (Wildman–Crippen LogP) is 9.58. The molecular formula is C40H31BrF4N2O6. The first-order valence-corrected chi connectivity index (χ1v) is 16.7. The maximum atomic E-state index is 14.2. The Bertz CT molecular complexity index is 2160. The molecule has 6 aromatic rings. The molecule has 0 atom stereocenters. The first-order valence-electron chi connectivity index (χ1n) is 15.5. The van der Waals surface area contributed by atoms with E-state index < -0.39 is 52.0 Å². The predicted molar refractivity (Wildman–Crippen MR) is 194 cm³/mol. The summed E-state index contributed by atoms with van der Waals surface area (Å²) >= 11 is 3.42. The molecule has 53 heavy (non-hydrogen) atoms. The van der Waals surface area contributed by atoms with Gasteiger partial charge in [-0.3, -0.25) is 9.59 Å². The van der Waals surface area contributed by atoms with Crippen molar-refractivity contribution >= 4 is 27.7 Å². The number of rotatable bonds is 10. The van der Waals surface area contributed by atoms with Gasteiger partial charge in [0.25, 0.3) is 11.8 Å². The van der Waals surface area contributed by atoms with Gasteiger partial charge >= 0.3 is 0 Å². The number of phenolic OH excluding ortho intramolecular Hbond substituents is 1. The van der Waals surface area contributed by atoms with E-state index in [1.54, 1.807) is 24.3 Å². The Morgan fingerprint density at radius 3 is 1.51 bits per heavy atom. The van der Waals surface area contributed by atoms with E-state index in [1.807, 2.05) is 78.9 Å². The summed E-state index contributed by atoms with van der Waals surface area (Å²) in [6.45, 7) is 0.00669. The van der Waals surface area contributed by atoms with Crippen molar-refractivity contribution in [3.05, 3.63) is 179 Å². The number of carbonyl (C=O) groups excluding carboxylic acids is 2. The lowest BCUT2D eigenvalue weighted by atomic mass is 10.1. The van der Waals surface area contributed by atoms with Gasteiger partial charge in [0.2, 0.25) is 0 Å². The van der Waals surface area contributed by atoms with Crippen LogP contribution in [0.25, 0.3) is 0 Å².